The molecule has 0 aromatic heterocycles. The minimum Gasteiger partial charge on any atom is -0.466 e. The summed E-state index contributed by atoms with van der Waals surface area (Å²) < 4.78 is 45.7. The molecule has 1 heterocycles. The van der Waals surface area contributed by atoms with Crippen molar-refractivity contribution in [3.05, 3.63) is 106 Å². The van der Waals surface area contributed by atoms with Crippen LogP contribution in [-0.4, -0.2) is 46.6 Å². The van der Waals surface area contributed by atoms with Crippen LogP contribution in [0.25, 0.3) is 0 Å². The van der Waals surface area contributed by atoms with Gasteiger partial charge in [-0.3, -0.25) is 4.79 Å². The van der Waals surface area contributed by atoms with Crippen LogP contribution in [0.1, 0.15) is 49.0 Å². The molecule has 4 unspecified atom stereocenters. The number of aliphatic hydroxyl groups excluding tert-OH is 1. The van der Waals surface area contributed by atoms with Crippen LogP contribution in [0.3, 0.4) is 0 Å². The van der Waals surface area contributed by atoms with E-state index in [1.165, 1.54) is 31.2 Å². The highest BCUT2D eigenvalue weighted by molar-refractivity contribution is 8.00. The van der Waals surface area contributed by atoms with Gasteiger partial charge in [0.15, 0.2) is 17.5 Å². The number of halogens is 4. The van der Waals surface area contributed by atoms with Crippen LogP contribution >= 0.6 is 23.4 Å². The molecule has 3 aromatic carbocycles. The zero-order valence-corrected chi connectivity index (χ0v) is 26.5. The van der Waals surface area contributed by atoms with Gasteiger partial charge in [0.05, 0.1) is 36.4 Å². The standard InChI is InChI=1S/C33H34ClF3N2O5S/c1-19(31-25(33(42)43-3)18-44-39(31)17-21-7-5-4-6-8-21)13-24(11-9-20(2)40)45-29-14-22(10-12-26(29)34)32(41)38-23-15-27(35)30(37)28(36)16-23/h4-8,10,12,14-16,18-20,24,31,40H,9,11,13,17H2,1-3H3,(H,38,41). The van der Waals surface area contributed by atoms with E-state index in [4.69, 9.17) is 21.2 Å². The average molecular weight is 663 g/mol. The highest BCUT2D eigenvalue weighted by Crippen LogP contribution is 2.39. The summed E-state index contributed by atoms with van der Waals surface area (Å²) >= 11 is 7.97. The molecule has 0 saturated carbocycles. The largest absolute Gasteiger partial charge is 0.466 e. The second-order valence-electron chi connectivity index (χ2n) is 10.9. The fraction of sp³-hybridized carbons (Fsp3) is 0.333. The number of esters is 1. The Hall–Kier alpha value is -3.51. The van der Waals surface area contributed by atoms with Crippen molar-refractivity contribution in [3.63, 3.8) is 0 Å². The lowest BCUT2D eigenvalue weighted by molar-refractivity contribution is -0.140. The van der Waals surface area contributed by atoms with Crippen LogP contribution in [0.4, 0.5) is 18.9 Å². The van der Waals surface area contributed by atoms with Crippen molar-refractivity contribution in [3.8, 4) is 0 Å². The van der Waals surface area contributed by atoms with Crippen molar-refractivity contribution in [1.29, 1.82) is 0 Å². The Morgan fingerprint density at radius 2 is 1.76 bits per heavy atom. The van der Waals surface area contributed by atoms with E-state index in [9.17, 15) is 27.9 Å². The van der Waals surface area contributed by atoms with Crippen molar-refractivity contribution in [2.75, 3.05) is 12.4 Å². The molecule has 0 spiro atoms. The normalized spacial score (nSPS) is 16.8. The minimum atomic E-state index is -1.63. The number of thioether (sulfide) groups is 1. The Kier molecular flexibility index (Phi) is 12.0. The van der Waals surface area contributed by atoms with Crippen molar-refractivity contribution >= 4 is 40.9 Å². The number of rotatable bonds is 13. The molecule has 4 rings (SSSR count). The number of methoxy groups -OCH3 is 1. The Bertz CT molecular complexity index is 1520. The number of anilines is 1. The molecular weight excluding hydrogens is 629 g/mol. The smallest absolute Gasteiger partial charge is 0.338 e. The fourth-order valence-corrected chi connectivity index (χ4v) is 6.77. The Morgan fingerprint density at radius 1 is 1.07 bits per heavy atom. The lowest BCUT2D eigenvalue weighted by atomic mass is 9.89. The van der Waals surface area contributed by atoms with E-state index in [1.807, 2.05) is 37.3 Å². The van der Waals surface area contributed by atoms with Gasteiger partial charge in [0, 0.05) is 33.5 Å². The lowest BCUT2D eigenvalue weighted by Crippen LogP contribution is -2.39. The monoisotopic (exact) mass is 662 g/mol. The first-order valence-electron chi connectivity index (χ1n) is 14.3. The quantitative estimate of drug-likeness (QED) is 0.111. The van der Waals surface area contributed by atoms with Crippen LogP contribution in [0, 0.1) is 23.4 Å². The van der Waals surface area contributed by atoms with E-state index in [2.05, 4.69) is 5.32 Å². The van der Waals surface area contributed by atoms with Gasteiger partial charge < -0.3 is 20.0 Å². The summed E-state index contributed by atoms with van der Waals surface area (Å²) in [6.45, 7) is 4.15. The van der Waals surface area contributed by atoms with Gasteiger partial charge in [-0.05, 0) is 55.9 Å². The topological polar surface area (TPSA) is 88.1 Å². The summed E-state index contributed by atoms with van der Waals surface area (Å²) in [5, 5.41) is 14.5. The second kappa shape index (κ2) is 15.7. The van der Waals surface area contributed by atoms with Gasteiger partial charge in [0.2, 0.25) is 0 Å². The van der Waals surface area contributed by atoms with Crippen LogP contribution in [0.2, 0.25) is 5.02 Å². The SMILES string of the molecule is COC(=O)C1=CON(Cc2ccccc2)C1C(C)CC(CCC(C)O)Sc1cc(C(=O)Nc2cc(F)c(F)c(F)c2)ccc1Cl. The number of carbonyl (C=O) groups excluding carboxylic acids is 2. The van der Waals surface area contributed by atoms with Crippen molar-refractivity contribution < 1.29 is 37.4 Å². The number of hydrogen-bond donors (Lipinski definition) is 2. The van der Waals surface area contributed by atoms with E-state index in [0.717, 1.165) is 5.56 Å². The summed E-state index contributed by atoms with van der Waals surface area (Å²) in [5.74, 6) is -5.75. The molecule has 2 N–H and O–H groups in total. The van der Waals surface area contributed by atoms with Gasteiger partial charge in [0.25, 0.3) is 5.91 Å². The molecule has 0 fully saturated rings. The molecule has 0 aliphatic carbocycles. The third-order valence-electron chi connectivity index (χ3n) is 7.36. The Balaban J connectivity index is 1.55. The molecular formula is C33H34ClF3N2O5S. The van der Waals surface area contributed by atoms with Crippen LogP contribution < -0.4 is 5.32 Å². The van der Waals surface area contributed by atoms with E-state index in [0.29, 0.717) is 53.4 Å². The maximum atomic E-state index is 13.7. The van der Waals surface area contributed by atoms with E-state index in [-0.39, 0.29) is 22.4 Å². The van der Waals surface area contributed by atoms with Gasteiger partial charge in [-0.1, -0.05) is 48.9 Å². The maximum absolute atomic E-state index is 13.7. The molecule has 1 aliphatic heterocycles. The molecule has 240 valence electrons. The molecule has 7 nitrogen and oxygen atoms in total. The molecule has 0 bridgehead atoms. The molecule has 1 aliphatic rings. The summed E-state index contributed by atoms with van der Waals surface area (Å²) in [7, 11) is 1.32. The molecule has 1 amide bonds. The van der Waals surface area contributed by atoms with Crippen molar-refractivity contribution in [2.45, 2.75) is 61.9 Å². The second-order valence-corrected chi connectivity index (χ2v) is 12.7. The summed E-state index contributed by atoms with van der Waals surface area (Å²) in [5.41, 5.74) is 1.33. The predicted octanol–water partition coefficient (Wildman–Crippen LogP) is 7.53. The number of amides is 1. The first-order valence-corrected chi connectivity index (χ1v) is 15.6. The Morgan fingerprint density at radius 3 is 2.40 bits per heavy atom. The van der Waals surface area contributed by atoms with E-state index in [1.54, 1.807) is 24.1 Å². The predicted molar refractivity (Wildman–Crippen MR) is 167 cm³/mol. The van der Waals surface area contributed by atoms with Crippen LogP contribution in [0.15, 0.2) is 77.4 Å². The maximum Gasteiger partial charge on any atom is 0.338 e. The van der Waals surface area contributed by atoms with Crippen LogP contribution in [0.5, 0.6) is 0 Å². The zero-order valence-electron chi connectivity index (χ0n) is 24.9. The van der Waals surface area contributed by atoms with Crippen LogP contribution in [-0.2, 0) is 20.9 Å². The van der Waals surface area contributed by atoms with Crippen molar-refractivity contribution in [2.24, 2.45) is 5.92 Å². The number of benzene rings is 3. The molecule has 4 atom stereocenters. The number of nitrogens with zero attached hydrogens (tertiary/aromatic N) is 1. The van der Waals surface area contributed by atoms with Gasteiger partial charge >= 0.3 is 5.97 Å². The summed E-state index contributed by atoms with van der Waals surface area (Å²) in [6, 6.07) is 15.3. The number of nitrogens with one attached hydrogen (secondary N) is 1. The lowest BCUT2D eigenvalue weighted by Gasteiger charge is -2.31. The fourth-order valence-electron chi connectivity index (χ4n) is 5.13. The third-order valence-corrected chi connectivity index (χ3v) is 9.15. The molecule has 0 saturated heterocycles. The molecule has 45 heavy (non-hydrogen) atoms. The number of aliphatic hydroxyl groups is 1. The van der Waals surface area contributed by atoms with E-state index >= 15 is 0 Å². The highest BCUT2D eigenvalue weighted by Gasteiger charge is 2.39. The first-order chi connectivity index (χ1) is 21.5. The highest BCUT2D eigenvalue weighted by atomic mass is 35.5. The van der Waals surface area contributed by atoms with Gasteiger partial charge in [-0.15, -0.1) is 16.8 Å². The van der Waals surface area contributed by atoms with Gasteiger partial charge in [-0.25, -0.2) is 18.0 Å². The van der Waals surface area contributed by atoms with Gasteiger partial charge in [-0.2, -0.15) is 0 Å². The summed E-state index contributed by atoms with van der Waals surface area (Å²) in [4.78, 5) is 32.1. The number of carbonyl (C=O) groups is 2. The third kappa shape index (κ3) is 9.03. The number of hydroxylamine groups is 2. The first kappa shape index (κ1) is 34.4. The number of hydrogen-bond acceptors (Lipinski definition) is 7. The number of ether oxygens (including phenoxy) is 1. The summed E-state index contributed by atoms with van der Waals surface area (Å²) in [6.07, 6.45) is 2.54. The zero-order chi connectivity index (χ0) is 32.7. The van der Waals surface area contributed by atoms with Crippen molar-refractivity contribution in [1.82, 2.24) is 5.06 Å². The molecule has 12 heteroatoms. The Labute approximate surface area is 269 Å². The minimum absolute atomic E-state index is 0.108. The molecule has 0 radical (unpaired) electrons. The van der Waals surface area contributed by atoms with E-state index < -0.39 is 41.5 Å². The molecule has 3 aromatic rings. The average Bonchev–Trinajstić information content (AvgIpc) is 3.43. The van der Waals surface area contributed by atoms with Gasteiger partial charge in [0.1, 0.15) is 6.26 Å².